The number of ether oxygens (including phenoxy) is 2. The van der Waals surface area contributed by atoms with E-state index in [2.05, 4.69) is 10.3 Å². The van der Waals surface area contributed by atoms with Crippen LogP contribution in [0.15, 0.2) is 29.4 Å². The van der Waals surface area contributed by atoms with Gasteiger partial charge in [0.25, 0.3) is 11.8 Å². The summed E-state index contributed by atoms with van der Waals surface area (Å²) in [5, 5.41) is 2.75. The van der Waals surface area contributed by atoms with Crippen LogP contribution in [0.3, 0.4) is 0 Å². The van der Waals surface area contributed by atoms with E-state index < -0.39 is 5.91 Å². The van der Waals surface area contributed by atoms with Crippen molar-refractivity contribution in [1.82, 2.24) is 9.47 Å². The van der Waals surface area contributed by atoms with Crippen molar-refractivity contribution in [2.75, 3.05) is 25.6 Å². The molecule has 1 atom stereocenters. The lowest BCUT2D eigenvalue weighted by Crippen LogP contribution is -2.43. The van der Waals surface area contributed by atoms with Crippen LogP contribution in [0.25, 0.3) is 0 Å². The van der Waals surface area contributed by atoms with Crippen LogP contribution in [0.5, 0.6) is 11.5 Å². The van der Waals surface area contributed by atoms with Crippen molar-refractivity contribution in [1.29, 1.82) is 0 Å². The van der Waals surface area contributed by atoms with E-state index in [9.17, 15) is 14.4 Å². The van der Waals surface area contributed by atoms with E-state index in [4.69, 9.17) is 15.2 Å². The van der Waals surface area contributed by atoms with Gasteiger partial charge in [-0.05, 0) is 37.8 Å². The van der Waals surface area contributed by atoms with E-state index in [-0.39, 0.29) is 30.9 Å². The lowest BCUT2D eigenvalue weighted by Gasteiger charge is -2.32. The zero-order valence-corrected chi connectivity index (χ0v) is 19.4. The van der Waals surface area contributed by atoms with Crippen molar-refractivity contribution in [3.63, 3.8) is 0 Å². The van der Waals surface area contributed by atoms with E-state index in [0.717, 1.165) is 25.8 Å². The maximum Gasteiger partial charge on any atom is 0.265 e. The molecule has 10 heteroatoms. The molecule has 1 aromatic heterocycles. The number of primary amides is 1. The Hall–Kier alpha value is -3.82. The number of anilines is 1. The van der Waals surface area contributed by atoms with Gasteiger partial charge >= 0.3 is 0 Å². The molecule has 34 heavy (non-hydrogen) atoms. The number of benzene rings is 1. The molecule has 2 aliphatic rings. The molecule has 1 unspecified atom stereocenters. The molecule has 2 aliphatic heterocycles. The van der Waals surface area contributed by atoms with Crippen molar-refractivity contribution in [2.45, 2.75) is 38.1 Å². The Morgan fingerprint density at radius 2 is 2.06 bits per heavy atom. The quantitative estimate of drug-likeness (QED) is 0.577. The number of aryl methyl sites for hydroxylation is 1. The van der Waals surface area contributed by atoms with E-state index in [1.807, 2.05) is 11.1 Å². The van der Waals surface area contributed by atoms with Crippen LogP contribution in [0.1, 0.15) is 53.0 Å². The van der Waals surface area contributed by atoms with Gasteiger partial charge in [0.2, 0.25) is 5.91 Å². The first-order chi connectivity index (χ1) is 16.4. The van der Waals surface area contributed by atoms with Crippen molar-refractivity contribution < 1.29 is 23.9 Å². The summed E-state index contributed by atoms with van der Waals surface area (Å²) in [5.41, 5.74) is 7.18. The Labute approximate surface area is 197 Å². The number of aliphatic imine (C=N–C) groups is 1. The number of nitrogens with one attached hydrogen (secondary N) is 1. The second-order valence-electron chi connectivity index (χ2n) is 8.45. The van der Waals surface area contributed by atoms with Crippen LogP contribution >= 0.6 is 0 Å². The summed E-state index contributed by atoms with van der Waals surface area (Å²) in [7, 11) is 3.21. The number of hydrogen-bond acceptors (Lipinski definition) is 6. The molecule has 0 radical (unpaired) electrons. The van der Waals surface area contributed by atoms with Crippen molar-refractivity contribution >= 4 is 35.3 Å². The van der Waals surface area contributed by atoms with Crippen molar-refractivity contribution in [3.8, 4) is 11.5 Å². The molecule has 4 rings (SSSR count). The van der Waals surface area contributed by atoms with Crippen LogP contribution in [-0.4, -0.2) is 59.7 Å². The van der Waals surface area contributed by atoms with Crippen molar-refractivity contribution in [2.24, 2.45) is 17.8 Å². The molecular weight excluding hydrogens is 438 g/mol. The lowest BCUT2D eigenvalue weighted by molar-refractivity contribution is -0.116. The fourth-order valence-electron chi connectivity index (χ4n) is 4.30. The minimum atomic E-state index is -0.562. The molecule has 3 N–H and O–H groups in total. The van der Waals surface area contributed by atoms with E-state index in [0.29, 0.717) is 40.6 Å². The molecule has 1 saturated heterocycles. The predicted molar refractivity (Wildman–Crippen MR) is 127 cm³/mol. The van der Waals surface area contributed by atoms with Gasteiger partial charge in [0.1, 0.15) is 5.69 Å². The predicted octanol–water partition coefficient (Wildman–Crippen LogP) is 2.64. The molecule has 3 heterocycles. The Morgan fingerprint density at radius 1 is 1.24 bits per heavy atom. The number of aromatic nitrogens is 1. The Balaban J connectivity index is 1.36. The topological polar surface area (TPSA) is 128 Å². The van der Waals surface area contributed by atoms with Crippen LogP contribution in [0.2, 0.25) is 0 Å². The monoisotopic (exact) mass is 467 g/mol. The summed E-state index contributed by atoms with van der Waals surface area (Å²) in [6.45, 7) is 1.00. The van der Waals surface area contributed by atoms with Gasteiger partial charge in [0.15, 0.2) is 11.5 Å². The highest BCUT2D eigenvalue weighted by Gasteiger charge is 2.31. The van der Waals surface area contributed by atoms with Crippen LogP contribution in [0, 0.1) is 0 Å². The molecule has 3 amide bonds. The number of amides is 3. The number of fused-ring (bicyclic) bond motifs is 2. The first-order valence-electron chi connectivity index (χ1n) is 11.3. The molecule has 1 fully saturated rings. The molecule has 1 aromatic carbocycles. The molecule has 0 spiro atoms. The van der Waals surface area contributed by atoms with Crippen LogP contribution in [-0.2, 0) is 11.8 Å². The summed E-state index contributed by atoms with van der Waals surface area (Å²) in [6.07, 6.45) is 7.15. The third-order valence-electron chi connectivity index (χ3n) is 6.06. The van der Waals surface area contributed by atoms with Gasteiger partial charge in [-0.3, -0.25) is 19.4 Å². The Bertz CT molecular complexity index is 1140. The molecule has 0 saturated carbocycles. The number of carbonyl (C=O) groups excluding carboxylic acids is 3. The number of nitrogens with two attached hydrogens (primary N) is 1. The average molecular weight is 468 g/mol. The van der Waals surface area contributed by atoms with Gasteiger partial charge in [-0.15, -0.1) is 0 Å². The molecule has 10 nitrogen and oxygen atoms in total. The maximum absolute atomic E-state index is 13.1. The van der Waals surface area contributed by atoms with Crippen LogP contribution < -0.4 is 20.5 Å². The molecule has 0 aliphatic carbocycles. The van der Waals surface area contributed by atoms with Gasteiger partial charge in [0.05, 0.1) is 36.7 Å². The highest BCUT2D eigenvalue weighted by Crippen LogP contribution is 2.37. The Morgan fingerprint density at radius 3 is 2.79 bits per heavy atom. The summed E-state index contributed by atoms with van der Waals surface area (Å²) in [6, 6.07) is 4.95. The SMILES string of the molecule is COc1cc2c(cc1OCCCC(=O)Nc1cc(C(N)=O)n(C)c1)N=CC1CCCCN1C2=O. The van der Waals surface area contributed by atoms with Crippen molar-refractivity contribution in [3.05, 3.63) is 35.7 Å². The normalized spacial score (nSPS) is 16.9. The summed E-state index contributed by atoms with van der Waals surface area (Å²) in [5.74, 6) is 0.115. The molecular formula is C24H29N5O5. The third-order valence-corrected chi connectivity index (χ3v) is 6.06. The summed E-state index contributed by atoms with van der Waals surface area (Å²) in [4.78, 5) is 43.1. The van der Waals surface area contributed by atoms with Gasteiger partial charge < -0.3 is 30.0 Å². The number of nitrogens with zero attached hydrogens (tertiary/aromatic N) is 3. The van der Waals surface area contributed by atoms with Gasteiger partial charge in [0, 0.05) is 38.5 Å². The highest BCUT2D eigenvalue weighted by molar-refractivity contribution is 6.03. The highest BCUT2D eigenvalue weighted by atomic mass is 16.5. The summed E-state index contributed by atoms with van der Waals surface area (Å²) >= 11 is 0. The Kier molecular flexibility index (Phi) is 6.85. The first kappa shape index (κ1) is 23.3. The minimum absolute atomic E-state index is 0.0196. The van der Waals surface area contributed by atoms with E-state index in [1.165, 1.54) is 13.2 Å². The number of rotatable bonds is 8. The molecule has 180 valence electrons. The zero-order chi connectivity index (χ0) is 24.2. The lowest BCUT2D eigenvalue weighted by atomic mass is 10.0. The maximum atomic E-state index is 13.1. The fraction of sp³-hybridized carbons (Fsp3) is 0.417. The fourth-order valence-corrected chi connectivity index (χ4v) is 4.30. The molecule has 2 aromatic rings. The zero-order valence-electron chi connectivity index (χ0n) is 19.4. The first-order valence-corrected chi connectivity index (χ1v) is 11.3. The third kappa shape index (κ3) is 4.90. The number of carbonyl (C=O) groups is 3. The average Bonchev–Trinajstić information content (AvgIpc) is 3.13. The second-order valence-corrected chi connectivity index (χ2v) is 8.45. The standard InChI is InChI=1S/C24H29N5O5/c1-28-14-15(10-19(28)23(25)31)27-22(30)7-5-9-34-21-12-18-17(11-20(21)33-2)24(32)29-8-4-3-6-16(29)13-26-18/h10-14,16H,3-9H2,1-2H3,(H2,25,31)(H,27,30). The van der Waals surface area contributed by atoms with E-state index >= 15 is 0 Å². The number of methoxy groups -OCH3 is 1. The van der Waals surface area contributed by atoms with E-state index in [1.54, 1.807) is 29.9 Å². The number of piperidine rings is 1. The second kappa shape index (κ2) is 9.98. The minimum Gasteiger partial charge on any atom is -0.493 e. The van der Waals surface area contributed by atoms with Gasteiger partial charge in [-0.25, -0.2) is 0 Å². The summed E-state index contributed by atoms with van der Waals surface area (Å²) < 4.78 is 12.9. The number of hydrogen-bond donors (Lipinski definition) is 2. The van der Waals surface area contributed by atoms with Gasteiger partial charge in [-0.1, -0.05) is 0 Å². The largest absolute Gasteiger partial charge is 0.493 e. The smallest absolute Gasteiger partial charge is 0.265 e. The van der Waals surface area contributed by atoms with Crippen LogP contribution in [0.4, 0.5) is 11.4 Å². The molecule has 0 bridgehead atoms. The van der Waals surface area contributed by atoms with Gasteiger partial charge in [-0.2, -0.15) is 0 Å².